The van der Waals surface area contributed by atoms with Crippen LogP contribution in [0.15, 0.2) is 22.3 Å². The summed E-state index contributed by atoms with van der Waals surface area (Å²) in [5.41, 5.74) is 0.860. The molecule has 2 unspecified atom stereocenters. The molecule has 2 atom stereocenters. The zero-order valence-electron chi connectivity index (χ0n) is 10.4. The van der Waals surface area contributed by atoms with Gasteiger partial charge in [-0.25, -0.2) is 0 Å². The number of aliphatic hydroxyl groups excluding tert-OH is 1. The standard InChI is InChI=1S/C12H19BrN2O2/c1-8(16)7-14-11-6-9(13)4-5-10(11)12(17)15(2)3/h4,6,8,10,14,16H,5,7H2,1-3H3. The summed E-state index contributed by atoms with van der Waals surface area (Å²) in [5.74, 6) is -0.101. The minimum absolute atomic E-state index is 0.0746. The summed E-state index contributed by atoms with van der Waals surface area (Å²) in [7, 11) is 3.50. The number of aliphatic hydroxyl groups is 1. The molecule has 5 heteroatoms. The van der Waals surface area contributed by atoms with Crippen molar-refractivity contribution in [2.45, 2.75) is 19.4 Å². The molecule has 0 bridgehead atoms. The van der Waals surface area contributed by atoms with Crippen molar-refractivity contribution >= 4 is 21.8 Å². The van der Waals surface area contributed by atoms with Crippen LogP contribution in [0.1, 0.15) is 13.3 Å². The lowest BCUT2D eigenvalue weighted by Gasteiger charge is -2.26. The Labute approximate surface area is 111 Å². The molecule has 0 radical (unpaired) electrons. The van der Waals surface area contributed by atoms with Gasteiger partial charge in [0.05, 0.1) is 12.0 Å². The molecule has 17 heavy (non-hydrogen) atoms. The highest BCUT2D eigenvalue weighted by molar-refractivity contribution is 9.11. The first-order valence-corrected chi connectivity index (χ1v) is 6.41. The minimum Gasteiger partial charge on any atom is -0.392 e. The van der Waals surface area contributed by atoms with Crippen LogP contribution in [0.25, 0.3) is 0 Å². The molecular formula is C12H19BrN2O2. The quantitative estimate of drug-likeness (QED) is 0.821. The van der Waals surface area contributed by atoms with Gasteiger partial charge in [0.1, 0.15) is 0 Å². The fourth-order valence-corrected chi connectivity index (χ4v) is 2.08. The first kappa shape index (κ1) is 14.3. The summed E-state index contributed by atoms with van der Waals surface area (Å²) < 4.78 is 0.966. The average Bonchev–Trinajstić information content (AvgIpc) is 2.25. The van der Waals surface area contributed by atoms with Gasteiger partial charge < -0.3 is 15.3 Å². The molecule has 0 spiro atoms. The van der Waals surface area contributed by atoms with Gasteiger partial charge in [0.2, 0.25) is 5.91 Å². The van der Waals surface area contributed by atoms with Gasteiger partial charge in [-0.3, -0.25) is 4.79 Å². The monoisotopic (exact) mass is 302 g/mol. The number of nitrogens with one attached hydrogen (secondary N) is 1. The molecule has 0 aliphatic heterocycles. The Morgan fingerprint density at radius 1 is 1.71 bits per heavy atom. The Hall–Kier alpha value is -0.810. The lowest BCUT2D eigenvalue weighted by molar-refractivity contribution is -0.131. The predicted molar refractivity (Wildman–Crippen MR) is 71.6 cm³/mol. The van der Waals surface area contributed by atoms with Crippen LogP contribution < -0.4 is 5.32 Å². The molecule has 0 aromatic heterocycles. The van der Waals surface area contributed by atoms with Crippen LogP contribution in [-0.4, -0.2) is 42.7 Å². The van der Waals surface area contributed by atoms with E-state index < -0.39 is 6.10 Å². The second-order valence-electron chi connectivity index (χ2n) is 4.44. The molecule has 2 N–H and O–H groups in total. The summed E-state index contributed by atoms with van der Waals surface area (Å²) in [6, 6.07) is 0. The number of hydrogen-bond donors (Lipinski definition) is 2. The van der Waals surface area contributed by atoms with E-state index in [-0.39, 0.29) is 11.8 Å². The Morgan fingerprint density at radius 3 is 2.88 bits per heavy atom. The molecule has 0 saturated heterocycles. The number of allylic oxidation sites excluding steroid dienone is 3. The first-order valence-electron chi connectivity index (χ1n) is 5.62. The molecule has 0 heterocycles. The van der Waals surface area contributed by atoms with Crippen LogP contribution in [0.5, 0.6) is 0 Å². The number of nitrogens with zero attached hydrogens (tertiary/aromatic N) is 1. The van der Waals surface area contributed by atoms with E-state index in [0.717, 1.165) is 10.2 Å². The average molecular weight is 303 g/mol. The zero-order chi connectivity index (χ0) is 13.0. The summed E-state index contributed by atoms with van der Waals surface area (Å²) >= 11 is 3.41. The van der Waals surface area contributed by atoms with Crippen LogP contribution in [0.2, 0.25) is 0 Å². The van der Waals surface area contributed by atoms with Gasteiger partial charge in [-0.15, -0.1) is 0 Å². The van der Waals surface area contributed by atoms with Gasteiger partial charge in [-0.05, 0) is 19.4 Å². The molecule has 0 saturated carbocycles. The molecule has 1 aliphatic carbocycles. The third-order valence-corrected chi connectivity index (χ3v) is 3.11. The second-order valence-corrected chi connectivity index (χ2v) is 5.36. The predicted octanol–water partition coefficient (Wildman–Crippen LogP) is 1.23. The van der Waals surface area contributed by atoms with Gasteiger partial charge >= 0.3 is 0 Å². The highest BCUT2D eigenvalue weighted by Crippen LogP contribution is 2.26. The van der Waals surface area contributed by atoms with E-state index in [1.165, 1.54) is 0 Å². The molecule has 1 aliphatic rings. The van der Waals surface area contributed by atoms with Crippen molar-refractivity contribution in [1.82, 2.24) is 10.2 Å². The van der Waals surface area contributed by atoms with Gasteiger partial charge in [0, 0.05) is 30.8 Å². The van der Waals surface area contributed by atoms with E-state index in [9.17, 15) is 9.90 Å². The van der Waals surface area contributed by atoms with Gasteiger partial charge in [0.15, 0.2) is 0 Å². The highest BCUT2D eigenvalue weighted by Gasteiger charge is 2.26. The van der Waals surface area contributed by atoms with Crippen molar-refractivity contribution in [3.05, 3.63) is 22.3 Å². The van der Waals surface area contributed by atoms with Crippen LogP contribution in [-0.2, 0) is 4.79 Å². The number of halogens is 1. The largest absolute Gasteiger partial charge is 0.392 e. The SMILES string of the molecule is CC(O)CNC1=CC(Br)=CCC1C(=O)N(C)C. The molecule has 96 valence electrons. The Balaban J connectivity index is 2.77. The van der Waals surface area contributed by atoms with E-state index in [4.69, 9.17) is 0 Å². The summed E-state index contributed by atoms with van der Waals surface area (Å²) in [5, 5.41) is 12.4. The second kappa shape index (κ2) is 6.21. The van der Waals surface area contributed by atoms with Crippen molar-refractivity contribution in [2.24, 2.45) is 5.92 Å². The molecule has 0 fully saturated rings. The smallest absolute Gasteiger partial charge is 0.231 e. The van der Waals surface area contributed by atoms with E-state index in [1.807, 2.05) is 12.2 Å². The number of carbonyl (C=O) groups is 1. The van der Waals surface area contributed by atoms with Crippen LogP contribution >= 0.6 is 15.9 Å². The van der Waals surface area contributed by atoms with E-state index >= 15 is 0 Å². The molecule has 1 amide bonds. The van der Waals surface area contributed by atoms with Crippen LogP contribution in [0.4, 0.5) is 0 Å². The summed E-state index contributed by atoms with van der Waals surface area (Å²) in [6.07, 6.45) is 4.13. The van der Waals surface area contributed by atoms with Gasteiger partial charge in [-0.1, -0.05) is 22.0 Å². The third kappa shape index (κ3) is 4.16. The fraction of sp³-hybridized carbons (Fsp3) is 0.583. The van der Waals surface area contributed by atoms with Gasteiger partial charge in [0.25, 0.3) is 0 Å². The van der Waals surface area contributed by atoms with Crippen LogP contribution in [0, 0.1) is 5.92 Å². The summed E-state index contributed by atoms with van der Waals surface area (Å²) in [6.45, 7) is 2.16. The maximum Gasteiger partial charge on any atom is 0.231 e. The van der Waals surface area contributed by atoms with Crippen molar-refractivity contribution in [3.8, 4) is 0 Å². The third-order valence-electron chi connectivity index (χ3n) is 2.56. The molecular weight excluding hydrogens is 284 g/mol. The zero-order valence-corrected chi connectivity index (χ0v) is 12.0. The Bertz CT molecular complexity index is 348. The van der Waals surface area contributed by atoms with E-state index in [1.54, 1.807) is 25.9 Å². The van der Waals surface area contributed by atoms with Crippen LogP contribution in [0.3, 0.4) is 0 Å². The molecule has 0 aromatic carbocycles. The topological polar surface area (TPSA) is 52.6 Å². The van der Waals surface area contributed by atoms with Crippen molar-refractivity contribution in [2.75, 3.05) is 20.6 Å². The van der Waals surface area contributed by atoms with E-state index in [0.29, 0.717) is 13.0 Å². The number of amides is 1. The molecule has 0 aromatic rings. The Kier molecular flexibility index (Phi) is 5.21. The molecule has 4 nitrogen and oxygen atoms in total. The van der Waals surface area contributed by atoms with Crippen molar-refractivity contribution in [1.29, 1.82) is 0 Å². The van der Waals surface area contributed by atoms with Crippen molar-refractivity contribution < 1.29 is 9.90 Å². The highest BCUT2D eigenvalue weighted by atomic mass is 79.9. The van der Waals surface area contributed by atoms with Gasteiger partial charge in [-0.2, -0.15) is 0 Å². The minimum atomic E-state index is -0.435. The normalized spacial score (nSPS) is 21.4. The van der Waals surface area contributed by atoms with E-state index in [2.05, 4.69) is 21.2 Å². The number of hydrogen-bond acceptors (Lipinski definition) is 3. The lowest BCUT2D eigenvalue weighted by atomic mass is 9.95. The fourth-order valence-electron chi connectivity index (χ4n) is 1.65. The number of rotatable bonds is 4. The summed E-state index contributed by atoms with van der Waals surface area (Å²) in [4.78, 5) is 13.6. The first-order chi connectivity index (χ1) is 7.91. The van der Waals surface area contributed by atoms with Crippen molar-refractivity contribution in [3.63, 3.8) is 0 Å². The molecule has 1 rings (SSSR count). The Morgan fingerprint density at radius 2 is 2.35 bits per heavy atom. The number of carbonyl (C=O) groups excluding carboxylic acids is 1. The lowest BCUT2D eigenvalue weighted by Crippen LogP contribution is -2.37. The maximum atomic E-state index is 12.0. The maximum absolute atomic E-state index is 12.0.